The van der Waals surface area contributed by atoms with E-state index in [1.807, 2.05) is 55.8 Å². The Morgan fingerprint density at radius 1 is 1.27 bits per heavy atom. The molecule has 5 heteroatoms. The van der Waals surface area contributed by atoms with Crippen molar-refractivity contribution in [1.82, 2.24) is 9.78 Å². The molecule has 1 aromatic carbocycles. The Bertz CT molecular complexity index is 978. The minimum absolute atomic E-state index is 0.0132. The lowest BCUT2D eigenvalue weighted by atomic mass is 9.51. The van der Waals surface area contributed by atoms with Crippen LogP contribution in [0.5, 0.6) is 0 Å². The van der Waals surface area contributed by atoms with Gasteiger partial charge in [-0.15, -0.1) is 0 Å². The third-order valence-corrected chi connectivity index (χ3v) is 6.25. The first-order chi connectivity index (χ1) is 12.3. The molecule has 0 radical (unpaired) electrons. The van der Waals surface area contributed by atoms with Crippen LogP contribution in [0.15, 0.2) is 47.9 Å². The average molecular weight is 347 g/mol. The van der Waals surface area contributed by atoms with Gasteiger partial charge in [0.2, 0.25) is 0 Å². The highest BCUT2D eigenvalue weighted by atomic mass is 16.3. The smallest absolute Gasteiger partial charge is 0.172 e. The van der Waals surface area contributed by atoms with E-state index in [1.54, 1.807) is 6.20 Å². The van der Waals surface area contributed by atoms with Gasteiger partial charge in [0.1, 0.15) is 5.76 Å². The molecule has 0 fully saturated rings. The van der Waals surface area contributed by atoms with Crippen molar-refractivity contribution in [2.24, 2.45) is 16.7 Å². The Morgan fingerprint density at radius 2 is 1.96 bits per heavy atom. The predicted octanol–water partition coefficient (Wildman–Crippen LogP) is 4.00. The average Bonchev–Trinajstić information content (AvgIpc) is 3.06. The molecule has 4 rings (SSSR count). The summed E-state index contributed by atoms with van der Waals surface area (Å²) in [6.07, 6.45) is 2.55. The van der Waals surface area contributed by atoms with Gasteiger partial charge in [0.25, 0.3) is 0 Å². The van der Waals surface area contributed by atoms with Gasteiger partial charge in [0.05, 0.1) is 34.8 Å². The molecule has 0 amide bonds. The summed E-state index contributed by atoms with van der Waals surface area (Å²) in [4.78, 5) is 13.4. The van der Waals surface area contributed by atoms with Gasteiger partial charge < -0.3 is 5.11 Å². The molecule has 0 saturated carbocycles. The minimum Gasteiger partial charge on any atom is -0.511 e. The SMILES string of the molecule is CC1(C)C(O)=C(C#N)C[C@]2(C)C(=O)c3cnn(-c4ccccc4)c3C[C@@H]12. The van der Waals surface area contributed by atoms with E-state index in [4.69, 9.17) is 0 Å². The normalized spacial score (nSPS) is 26.8. The van der Waals surface area contributed by atoms with E-state index in [9.17, 15) is 15.2 Å². The van der Waals surface area contributed by atoms with E-state index >= 15 is 0 Å². The molecule has 0 saturated heterocycles. The van der Waals surface area contributed by atoms with Gasteiger partial charge in [-0.05, 0) is 30.9 Å². The summed E-state index contributed by atoms with van der Waals surface area (Å²) in [5.41, 5.74) is 1.37. The monoisotopic (exact) mass is 347 g/mol. The zero-order valence-electron chi connectivity index (χ0n) is 15.2. The molecular weight excluding hydrogens is 326 g/mol. The highest BCUT2D eigenvalue weighted by Gasteiger charge is 2.57. The van der Waals surface area contributed by atoms with Crippen molar-refractivity contribution in [3.8, 4) is 11.8 Å². The molecule has 5 nitrogen and oxygen atoms in total. The summed E-state index contributed by atoms with van der Waals surface area (Å²) >= 11 is 0. The first-order valence-electron chi connectivity index (χ1n) is 8.80. The van der Waals surface area contributed by atoms with Crippen LogP contribution in [0.4, 0.5) is 0 Å². The van der Waals surface area contributed by atoms with Crippen LogP contribution in [0.25, 0.3) is 5.69 Å². The van der Waals surface area contributed by atoms with E-state index in [2.05, 4.69) is 11.2 Å². The topological polar surface area (TPSA) is 78.9 Å². The molecule has 2 atom stereocenters. The van der Waals surface area contributed by atoms with Crippen LogP contribution < -0.4 is 0 Å². The van der Waals surface area contributed by atoms with Crippen LogP contribution in [-0.4, -0.2) is 20.7 Å². The molecule has 26 heavy (non-hydrogen) atoms. The van der Waals surface area contributed by atoms with Crippen LogP contribution in [0.2, 0.25) is 0 Å². The number of benzene rings is 1. The Labute approximate surface area is 152 Å². The molecule has 2 aliphatic carbocycles. The summed E-state index contributed by atoms with van der Waals surface area (Å²) in [6.45, 7) is 5.76. The summed E-state index contributed by atoms with van der Waals surface area (Å²) in [6, 6.07) is 11.8. The lowest BCUT2D eigenvalue weighted by Crippen LogP contribution is -2.51. The number of hydrogen-bond acceptors (Lipinski definition) is 4. The zero-order valence-corrected chi connectivity index (χ0v) is 15.2. The fraction of sp³-hybridized carbons (Fsp3) is 0.381. The number of allylic oxidation sites excluding steroid dienone is 2. The number of nitriles is 1. The number of para-hydroxylation sites is 1. The number of aliphatic hydroxyl groups is 1. The summed E-state index contributed by atoms with van der Waals surface area (Å²) in [7, 11) is 0. The standard InChI is InChI=1S/C21H21N3O2/c1-20(2)17-9-16-15(12-23-24(16)14-7-5-4-6-8-14)19(26)21(17,3)10-13(11-22)18(20)25/h4-8,12,17,25H,9-10H2,1-3H3/t17-,21-/m0/s1. The first-order valence-corrected chi connectivity index (χ1v) is 8.80. The number of rotatable bonds is 1. The molecule has 1 N–H and O–H groups in total. The van der Waals surface area contributed by atoms with Crippen molar-refractivity contribution in [2.75, 3.05) is 0 Å². The number of nitrogens with zero attached hydrogens (tertiary/aromatic N) is 3. The maximum absolute atomic E-state index is 13.4. The second kappa shape index (κ2) is 5.31. The van der Waals surface area contributed by atoms with Crippen LogP contribution in [0.3, 0.4) is 0 Å². The van der Waals surface area contributed by atoms with E-state index in [0.717, 1.165) is 11.4 Å². The van der Waals surface area contributed by atoms with Gasteiger partial charge in [0.15, 0.2) is 5.78 Å². The van der Waals surface area contributed by atoms with Crippen molar-refractivity contribution >= 4 is 5.78 Å². The predicted molar refractivity (Wildman–Crippen MR) is 96.9 cm³/mol. The van der Waals surface area contributed by atoms with Crippen molar-refractivity contribution < 1.29 is 9.90 Å². The van der Waals surface area contributed by atoms with E-state index in [1.165, 1.54) is 0 Å². The van der Waals surface area contributed by atoms with Crippen LogP contribution in [0, 0.1) is 28.1 Å². The summed E-state index contributed by atoms with van der Waals surface area (Å²) < 4.78 is 1.82. The van der Waals surface area contributed by atoms with Gasteiger partial charge in [-0.3, -0.25) is 4.79 Å². The number of fused-ring (bicyclic) bond motifs is 2. The lowest BCUT2D eigenvalue weighted by molar-refractivity contribution is 0.0226. The third kappa shape index (κ3) is 2.02. The Hall–Kier alpha value is -2.87. The largest absolute Gasteiger partial charge is 0.511 e. The number of Topliss-reactive ketones (excluding diaryl/α,β-unsaturated/α-hetero) is 1. The second-order valence-electron chi connectivity index (χ2n) is 8.09. The number of hydrogen-bond donors (Lipinski definition) is 1. The Kier molecular flexibility index (Phi) is 3.39. The van der Waals surface area contributed by atoms with Gasteiger partial charge in [-0.2, -0.15) is 10.4 Å². The van der Waals surface area contributed by atoms with Gasteiger partial charge in [-0.25, -0.2) is 4.68 Å². The van der Waals surface area contributed by atoms with Crippen molar-refractivity contribution in [2.45, 2.75) is 33.6 Å². The fourth-order valence-electron chi connectivity index (χ4n) is 4.79. The molecule has 2 aromatic rings. The number of carbonyl (C=O) groups excluding carboxylic acids is 1. The number of aromatic nitrogens is 2. The van der Waals surface area contributed by atoms with E-state index in [0.29, 0.717) is 17.6 Å². The van der Waals surface area contributed by atoms with Crippen molar-refractivity contribution in [3.63, 3.8) is 0 Å². The van der Waals surface area contributed by atoms with Gasteiger partial charge >= 0.3 is 0 Å². The summed E-state index contributed by atoms with van der Waals surface area (Å²) in [5.74, 6) is 0.0232. The Balaban J connectivity index is 1.89. The Morgan fingerprint density at radius 3 is 2.62 bits per heavy atom. The molecular formula is C21H21N3O2. The summed E-state index contributed by atoms with van der Waals surface area (Å²) in [5, 5.41) is 24.5. The molecule has 0 spiro atoms. The van der Waals surface area contributed by atoms with Crippen molar-refractivity contribution in [3.05, 3.63) is 59.1 Å². The minimum atomic E-state index is -0.710. The van der Waals surface area contributed by atoms with Crippen LogP contribution in [0.1, 0.15) is 43.2 Å². The highest BCUT2D eigenvalue weighted by molar-refractivity contribution is 6.03. The quantitative estimate of drug-likeness (QED) is 0.845. The van der Waals surface area contributed by atoms with Crippen LogP contribution >= 0.6 is 0 Å². The van der Waals surface area contributed by atoms with Crippen molar-refractivity contribution in [1.29, 1.82) is 5.26 Å². The zero-order chi connectivity index (χ0) is 18.7. The molecule has 1 aromatic heterocycles. The van der Waals surface area contributed by atoms with Gasteiger partial charge in [0, 0.05) is 10.8 Å². The van der Waals surface area contributed by atoms with Crippen LogP contribution in [-0.2, 0) is 6.42 Å². The molecule has 2 aliphatic rings. The lowest BCUT2D eigenvalue weighted by Gasteiger charge is -2.51. The molecule has 0 aliphatic heterocycles. The molecule has 0 unspecified atom stereocenters. The molecule has 132 valence electrons. The number of ketones is 1. The highest BCUT2D eigenvalue weighted by Crippen LogP contribution is 2.57. The third-order valence-electron chi connectivity index (χ3n) is 6.25. The number of carbonyl (C=O) groups is 1. The maximum Gasteiger partial charge on any atom is 0.172 e. The fourth-order valence-corrected chi connectivity index (χ4v) is 4.79. The first kappa shape index (κ1) is 16.6. The number of aliphatic hydroxyl groups excluding tert-OH is 1. The molecule has 0 bridgehead atoms. The second-order valence-corrected chi connectivity index (χ2v) is 8.09. The van der Waals surface area contributed by atoms with Gasteiger partial charge in [-0.1, -0.05) is 39.0 Å². The van der Waals surface area contributed by atoms with E-state index < -0.39 is 10.8 Å². The van der Waals surface area contributed by atoms with E-state index in [-0.39, 0.29) is 23.9 Å². The maximum atomic E-state index is 13.4. The molecule has 1 heterocycles.